The summed E-state index contributed by atoms with van der Waals surface area (Å²) in [6.45, 7) is 2.67. The van der Waals surface area contributed by atoms with Gasteiger partial charge in [0.05, 0.1) is 31.6 Å². The molecule has 0 aliphatic rings. The second kappa shape index (κ2) is 9.20. The van der Waals surface area contributed by atoms with E-state index in [-0.39, 0.29) is 17.8 Å². The largest absolute Gasteiger partial charge is 0.497 e. The van der Waals surface area contributed by atoms with E-state index in [0.717, 1.165) is 22.4 Å². The van der Waals surface area contributed by atoms with Crippen LogP contribution in [0.5, 0.6) is 5.75 Å². The SMILES string of the molecule is COc1cccc(CO[C@@H](C)CNC(=O)c2cc(-c3cnn(C)c3)cnc2N)c1. The van der Waals surface area contributed by atoms with Crippen molar-refractivity contribution in [2.45, 2.75) is 19.6 Å². The molecule has 152 valence electrons. The van der Waals surface area contributed by atoms with Crippen LogP contribution < -0.4 is 15.8 Å². The third-order valence-corrected chi connectivity index (χ3v) is 4.42. The lowest BCUT2D eigenvalue weighted by Crippen LogP contribution is -2.32. The van der Waals surface area contributed by atoms with Gasteiger partial charge in [0.2, 0.25) is 0 Å². The van der Waals surface area contributed by atoms with Crippen LogP contribution in [0.15, 0.2) is 48.9 Å². The summed E-state index contributed by atoms with van der Waals surface area (Å²) in [7, 11) is 3.46. The summed E-state index contributed by atoms with van der Waals surface area (Å²) in [4.78, 5) is 16.7. The maximum atomic E-state index is 12.6. The van der Waals surface area contributed by atoms with E-state index < -0.39 is 0 Å². The number of nitrogens with zero attached hydrogens (tertiary/aromatic N) is 3. The van der Waals surface area contributed by atoms with E-state index >= 15 is 0 Å². The number of hydrogen-bond acceptors (Lipinski definition) is 6. The molecule has 0 aliphatic carbocycles. The Morgan fingerprint density at radius 1 is 1.28 bits per heavy atom. The van der Waals surface area contributed by atoms with Crippen LogP contribution in [0, 0.1) is 0 Å². The number of anilines is 1. The fourth-order valence-corrected chi connectivity index (χ4v) is 2.78. The highest BCUT2D eigenvalue weighted by atomic mass is 16.5. The number of carbonyl (C=O) groups excluding carboxylic acids is 1. The number of amides is 1. The van der Waals surface area contributed by atoms with Gasteiger partial charge < -0.3 is 20.5 Å². The van der Waals surface area contributed by atoms with Crippen LogP contribution >= 0.6 is 0 Å². The number of hydrogen-bond donors (Lipinski definition) is 2. The topological polar surface area (TPSA) is 104 Å². The van der Waals surface area contributed by atoms with Crippen molar-refractivity contribution in [2.75, 3.05) is 19.4 Å². The van der Waals surface area contributed by atoms with Crippen molar-refractivity contribution >= 4 is 11.7 Å². The Balaban J connectivity index is 1.57. The lowest BCUT2D eigenvalue weighted by Gasteiger charge is -2.15. The highest BCUT2D eigenvalue weighted by molar-refractivity contribution is 5.99. The number of pyridine rings is 1. The predicted molar refractivity (Wildman–Crippen MR) is 110 cm³/mol. The van der Waals surface area contributed by atoms with Gasteiger partial charge in [0.25, 0.3) is 5.91 Å². The van der Waals surface area contributed by atoms with Crippen LogP contribution in [0.25, 0.3) is 11.1 Å². The maximum absolute atomic E-state index is 12.6. The number of rotatable bonds is 8. The Morgan fingerprint density at radius 2 is 2.10 bits per heavy atom. The Bertz CT molecular complexity index is 986. The van der Waals surface area contributed by atoms with Gasteiger partial charge in [-0.2, -0.15) is 5.10 Å². The standard InChI is InChI=1S/C21H25N5O3/c1-14(29-13-15-5-4-6-18(7-15)28-3)9-24-21(27)19-8-16(10-23-20(19)22)17-11-25-26(2)12-17/h4-8,10-12,14H,9,13H2,1-3H3,(H2,22,23)(H,24,27)/t14-/m0/s1. The summed E-state index contributed by atoms with van der Waals surface area (Å²) in [6, 6.07) is 9.39. The highest BCUT2D eigenvalue weighted by Gasteiger charge is 2.14. The molecule has 0 radical (unpaired) electrons. The third-order valence-electron chi connectivity index (χ3n) is 4.42. The zero-order chi connectivity index (χ0) is 20.8. The smallest absolute Gasteiger partial charge is 0.255 e. The van der Waals surface area contributed by atoms with Crippen molar-refractivity contribution < 1.29 is 14.3 Å². The molecule has 0 bridgehead atoms. The van der Waals surface area contributed by atoms with Gasteiger partial charge in [0.15, 0.2) is 0 Å². The first kappa shape index (κ1) is 20.3. The van der Waals surface area contributed by atoms with Crippen molar-refractivity contribution in [1.82, 2.24) is 20.1 Å². The van der Waals surface area contributed by atoms with Crippen LogP contribution in [0.1, 0.15) is 22.8 Å². The number of nitrogens with one attached hydrogen (secondary N) is 1. The molecule has 0 aliphatic heterocycles. The second-order valence-corrected chi connectivity index (χ2v) is 6.74. The van der Waals surface area contributed by atoms with Crippen molar-refractivity contribution in [3.05, 3.63) is 60.0 Å². The molecule has 0 saturated heterocycles. The van der Waals surface area contributed by atoms with Crippen LogP contribution in [0.3, 0.4) is 0 Å². The Labute approximate surface area is 169 Å². The molecule has 1 aromatic carbocycles. The van der Waals surface area contributed by atoms with Crippen LogP contribution in [-0.2, 0) is 18.4 Å². The van der Waals surface area contributed by atoms with Gasteiger partial charge in [-0.1, -0.05) is 12.1 Å². The quantitative estimate of drug-likeness (QED) is 0.607. The van der Waals surface area contributed by atoms with Crippen molar-refractivity contribution in [1.29, 1.82) is 0 Å². The Hall–Kier alpha value is -3.39. The first-order valence-electron chi connectivity index (χ1n) is 9.23. The second-order valence-electron chi connectivity index (χ2n) is 6.74. The fraction of sp³-hybridized carbons (Fsp3) is 0.286. The molecule has 2 heterocycles. The number of aromatic nitrogens is 3. The molecule has 8 heteroatoms. The Morgan fingerprint density at radius 3 is 2.83 bits per heavy atom. The van der Waals surface area contributed by atoms with Gasteiger partial charge in [0, 0.05) is 37.1 Å². The zero-order valence-corrected chi connectivity index (χ0v) is 16.8. The molecule has 8 nitrogen and oxygen atoms in total. The summed E-state index contributed by atoms with van der Waals surface area (Å²) in [5, 5.41) is 6.99. The minimum Gasteiger partial charge on any atom is -0.497 e. The molecule has 29 heavy (non-hydrogen) atoms. The normalized spacial score (nSPS) is 11.8. The van der Waals surface area contributed by atoms with E-state index in [1.165, 1.54) is 0 Å². The molecule has 2 aromatic heterocycles. The van der Waals surface area contributed by atoms with Gasteiger partial charge in [0.1, 0.15) is 11.6 Å². The first-order chi connectivity index (χ1) is 14.0. The molecular formula is C21H25N5O3. The fourth-order valence-electron chi connectivity index (χ4n) is 2.78. The van der Waals surface area contributed by atoms with Crippen LogP contribution in [0.4, 0.5) is 5.82 Å². The average Bonchev–Trinajstić information content (AvgIpc) is 3.17. The molecular weight excluding hydrogens is 370 g/mol. The number of nitrogens with two attached hydrogens (primary N) is 1. The number of carbonyl (C=O) groups is 1. The average molecular weight is 395 g/mol. The van der Waals surface area contributed by atoms with E-state index in [0.29, 0.717) is 18.7 Å². The van der Waals surface area contributed by atoms with E-state index in [4.69, 9.17) is 15.2 Å². The molecule has 3 aromatic rings. The number of nitrogen functional groups attached to an aromatic ring is 1. The number of benzene rings is 1. The van der Waals surface area contributed by atoms with E-state index in [2.05, 4.69) is 15.4 Å². The number of ether oxygens (including phenoxy) is 2. The van der Waals surface area contributed by atoms with E-state index in [9.17, 15) is 4.79 Å². The molecule has 0 spiro atoms. The summed E-state index contributed by atoms with van der Waals surface area (Å²) >= 11 is 0. The first-order valence-corrected chi connectivity index (χ1v) is 9.23. The van der Waals surface area contributed by atoms with E-state index in [1.54, 1.807) is 30.3 Å². The van der Waals surface area contributed by atoms with Gasteiger partial charge in [-0.3, -0.25) is 9.48 Å². The summed E-state index contributed by atoms with van der Waals surface area (Å²) in [5.41, 5.74) is 8.87. The predicted octanol–water partition coefficient (Wildman–Crippen LogP) is 2.41. The molecule has 0 unspecified atom stereocenters. The van der Waals surface area contributed by atoms with Crippen molar-refractivity contribution in [3.8, 4) is 16.9 Å². The van der Waals surface area contributed by atoms with Gasteiger partial charge in [-0.25, -0.2) is 4.98 Å². The highest BCUT2D eigenvalue weighted by Crippen LogP contribution is 2.21. The minimum absolute atomic E-state index is 0.180. The van der Waals surface area contributed by atoms with E-state index in [1.807, 2.05) is 44.4 Å². The molecule has 3 rings (SSSR count). The van der Waals surface area contributed by atoms with Crippen molar-refractivity contribution in [2.24, 2.45) is 7.05 Å². The maximum Gasteiger partial charge on any atom is 0.255 e. The number of aryl methyl sites for hydroxylation is 1. The molecule has 0 saturated carbocycles. The van der Waals surface area contributed by atoms with Crippen molar-refractivity contribution in [3.63, 3.8) is 0 Å². The van der Waals surface area contributed by atoms with Gasteiger partial charge in [-0.15, -0.1) is 0 Å². The molecule has 1 atom stereocenters. The van der Waals surface area contributed by atoms with Crippen LogP contribution in [-0.4, -0.2) is 40.4 Å². The zero-order valence-electron chi connectivity index (χ0n) is 16.8. The Kier molecular flexibility index (Phi) is 6.46. The van der Waals surface area contributed by atoms with Gasteiger partial charge >= 0.3 is 0 Å². The minimum atomic E-state index is -0.294. The molecule has 1 amide bonds. The number of methoxy groups -OCH3 is 1. The van der Waals surface area contributed by atoms with Crippen LogP contribution in [0.2, 0.25) is 0 Å². The lowest BCUT2D eigenvalue weighted by atomic mass is 10.1. The third kappa shape index (κ3) is 5.32. The summed E-state index contributed by atoms with van der Waals surface area (Å²) < 4.78 is 12.7. The molecule has 3 N–H and O–H groups in total. The summed E-state index contributed by atoms with van der Waals surface area (Å²) in [5.74, 6) is 0.668. The monoisotopic (exact) mass is 395 g/mol. The molecule has 0 fully saturated rings. The summed E-state index contributed by atoms with van der Waals surface area (Å²) in [6.07, 6.45) is 5.01. The van der Waals surface area contributed by atoms with Gasteiger partial charge in [-0.05, 0) is 30.7 Å². The lowest BCUT2D eigenvalue weighted by molar-refractivity contribution is 0.0508.